The Morgan fingerprint density at radius 3 is 2.67 bits per heavy atom. The number of esters is 1. The average molecular weight is 318 g/mol. The minimum Gasteiger partial charge on any atom is -0.462 e. The normalized spacial score (nSPS) is 10.2. The van der Waals surface area contributed by atoms with Gasteiger partial charge in [-0.2, -0.15) is 5.26 Å². The number of nitriles is 1. The van der Waals surface area contributed by atoms with Crippen LogP contribution in [0.4, 0.5) is 8.78 Å². The van der Waals surface area contributed by atoms with Crippen molar-refractivity contribution in [2.45, 2.75) is 18.7 Å². The van der Waals surface area contributed by atoms with Gasteiger partial charge >= 0.3 is 5.97 Å². The van der Waals surface area contributed by atoms with Crippen LogP contribution in [0.3, 0.4) is 0 Å². The van der Waals surface area contributed by atoms with Crippen LogP contribution in [0.25, 0.3) is 0 Å². The molecule has 0 fully saturated rings. The molecule has 0 spiro atoms. The van der Waals surface area contributed by atoms with E-state index in [1.807, 2.05) is 0 Å². The van der Waals surface area contributed by atoms with Gasteiger partial charge in [0.15, 0.2) is 0 Å². The summed E-state index contributed by atoms with van der Waals surface area (Å²) >= 11 is 3.14. The fourth-order valence-electron chi connectivity index (χ4n) is 1.51. The number of nitrogens with zero attached hydrogens (tertiary/aromatic N) is 1. The first-order valence-corrected chi connectivity index (χ1v) is 6.26. The first kappa shape index (κ1) is 14.6. The van der Waals surface area contributed by atoms with Crippen LogP contribution in [-0.2, 0) is 10.1 Å². The molecule has 0 unspecified atom stereocenters. The van der Waals surface area contributed by atoms with Crippen molar-refractivity contribution in [2.24, 2.45) is 0 Å². The molecule has 0 radical (unpaired) electrons. The smallest absolute Gasteiger partial charge is 0.339 e. The van der Waals surface area contributed by atoms with E-state index in [4.69, 9.17) is 10.00 Å². The van der Waals surface area contributed by atoms with Crippen LogP contribution in [0.5, 0.6) is 0 Å². The summed E-state index contributed by atoms with van der Waals surface area (Å²) in [7, 11) is 0. The van der Waals surface area contributed by atoms with Crippen LogP contribution < -0.4 is 0 Å². The predicted octanol–water partition coefficient (Wildman–Crippen LogP) is 3.57. The highest BCUT2D eigenvalue weighted by atomic mass is 79.9. The highest BCUT2D eigenvalue weighted by Gasteiger charge is 2.25. The fourth-order valence-corrected chi connectivity index (χ4v) is 1.97. The zero-order valence-electron chi connectivity index (χ0n) is 9.54. The second-order valence-corrected chi connectivity index (χ2v) is 3.89. The highest BCUT2D eigenvalue weighted by molar-refractivity contribution is 9.08. The quantitative estimate of drug-likeness (QED) is 0.630. The maximum atomic E-state index is 12.9. The van der Waals surface area contributed by atoms with Crippen LogP contribution in [0.2, 0.25) is 0 Å². The Morgan fingerprint density at radius 1 is 1.56 bits per heavy atom. The van der Waals surface area contributed by atoms with E-state index in [1.54, 1.807) is 13.0 Å². The molecule has 0 saturated heterocycles. The molecule has 0 aromatic heterocycles. The van der Waals surface area contributed by atoms with Gasteiger partial charge in [-0.15, -0.1) is 0 Å². The monoisotopic (exact) mass is 317 g/mol. The number of rotatable bonds is 4. The van der Waals surface area contributed by atoms with Crippen LogP contribution in [0, 0.1) is 11.3 Å². The van der Waals surface area contributed by atoms with Gasteiger partial charge < -0.3 is 4.74 Å². The van der Waals surface area contributed by atoms with Crippen molar-refractivity contribution >= 4 is 21.9 Å². The van der Waals surface area contributed by atoms with Gasteiger partial charge in [-0.25, -0.2) is 13.6 Å². The van der Waals surface area contributed by atoms with Crippen molar-refractivity contribution < 1.29 is 18.3 Å². The van der Waals surface area contributed by atoms with E-state index in [0.29, 0.717) is 10.9 Å². The summed E-state index contributed by atoms with van der Waals surface area (Å²) in [5.74, 6) is -0.896. The lowest BCUT2D eigenvalue weighted by atomic mass is 9.97. The number of carbonyl (C=O) groups excluding carboxylic acids is 1. The number of carbonyl (C=O) groups is 1. The summed E-state index contributed by atoms with van der Waals surface area (Å²) in [5.41, 5.74) is -0.408. The van der Waals surface area contributed by atoms with Gasteiger partial charge in [0, 0.05) is 10.9 Å². The molecular weight excluding hydrogens is 308 g/mol. The summed E-state index contributed by atoms with van der Waals surface area (Å²) in [6, 6.07) is 4.33. The topological polar surface area (TPSA) is 50.1 Å². The van der Waals surface area contributed by atoms with Crippen molar-refractivity contribution in [3.8, 4) is 6.07 Å². The maximum Gasteiger partial charge on any atom is 0.339 e. The summed E-state index contributed by atoms with van der Waals surface area (Å²) in [6.07, 6.45) is -2.83. The van der Waals surface area contributed by atoms with Crippen LogP contribution in [0.15, 0.2) is 12.1 Å². The third kappa shape index (κ3) is 2.85. The summed E-state index contributed by atoms with van der Waals surface area (Å²) < 4.78 is 30.4. The third-order valence-corrected chi connectivity index (χ3v) is 2.90. The third-order valence-electron chi connectivity index (χ3n) is 2.29. The molecule has 3 nitrogen and oxygen atoms in total. The lowest BCUT2D eigenvalue weighted by molar-refractivity contribution is 0.0515. The second kappa shape index (κ2) is 6.45. The fraction of sp³-hybridized carbons (Fsp3) is 0.333. The lowest BCUT2D eigenvalue weighted by Crippen LogP contribution is -2.12. The minimum atomic E-state index is -2.83. The molecule has 0 atom stereocenters. The highest BCUT2D eigenvalue weighted by Crippen LogP contribution is 2.29. The summed E-state index contributed by atoms with van der Waals surface area (Å²) in [5, 5.41) is 9.33. The average Bonchev–Trinajstić information content (AvgIpc) is 2.36. The van der Waals surface area contributed by atoms with Crippen LogP contribution in [-0.4, -0.2) is 12.6 Å². The lowest BCUT2D eigenvalue weighted by Gasteiger charge is -2.12. The molecule has 0 saturated carbocycles. The molecule has 0 amide bonds. The second-order valence-electron chi connectivity index (χ2n) is 3.33. The molecule has 0 aliphatic carbocycles. The van der Waals surface area contributed by atoms with E-state index in [2.05, 4.69) is 15.9 Å². The van der Waals surface area contributed by atoms with Gasteiger partial charge in [-0.3, -0.25) is 0 Å². The van der Waals surface area contributed by atoms with Gasteiger partial charge in [0.2, 0.25) is 0 Å². The number of benzene rings is 1. The molecule has 1 rings (SSSR count). The van der Waals surface area contributed by atoms with Crippen molar-refractivity contribution in [3.63, 3.8) is 0 Å². The molecule has 96 valence electrons. The van der Waals surface area contributed by atoms with Gasteiger partial charge in [0.05, 0.1) is 17.7 Å². The zero-order valence-corrected chi connectivity index (χ0v) is 11.1. The molecule has 0 aliphatic heterocycles. The van der Waals surface area contributed by atoms with Crippen molar-refractivity contribution in [1.29, 1.82) is 5.26 Å². The molecule has 1 aromatic rings. The van der Waals surface area contributed by atoms with Crippen molar-refractivity contribution in [2.75, 3.05) is 6.61 Å². The van der Waals surface area contributed by atoms with E-state index < -0.39 is 18.0 Å². The molecule has 0 aliphatic rings. The van der Waals surface area contributed by atoms with Crippen molar-refractivity contribution in [3.05, 3.63) is 34.4 Å². The van der Waals surface area contributed by atoms with Crippen LogP contribution >= 0.6 is 15.9 Å². The number of alkyl halides is 3. The predicted molar refractivity (Wildman–Crippen MR) is 64.7 cm³/mol. The first-order chi connectivity index (χ1) is 8.56. The standard InChI is InChI=1S/C12H10BrF2NO2/c1-2-18-12(17)10-8(11(14)15)4-3-7(5-13)9(10)6-16/h3-4,11H,2,5H2,1H3. The maximum absolute atomic E-state index is 12.9. The number of ether oxygens (including phenoxy) is 1. The van der Waals surface area contributed by atoms with E-state index in [1.165, 1.54) is 6.07 Å². The Balaban J connectivity index is 3.49. The Labute approximate surface area is 111 Å². The van der Waals surface area contributed by atoms with Gasteiger partial charge in [-0.1, -0.05) is 28.1 Å². The van der Waals surface area contributed by atoms with E-state index in [-0.39, 0.29) is 17.7 Å². The molecule has 0 bridgehead atoms. The van der Waals surface area contributed by atoms with E-state index in [0.717, 1.165) is 6.07 Å². The molecule has 1 aromatic carbocycles. The Kier molecular flexibility index (Phi) is 5.23. The zero-order chi connectivity index (χ0) is 13.7. The largest absolute Gasteiger partial charge is 0.462 e. The van der Waals surface area contributed by atoms with Gasteiger partial charge in [0.1, 0.15) is 6.07 Å². The molecule has 6 heteroatoms. The van der Waals surface area contributed by atoms with Crippen molar-refractivity contribution in [1.82, 2.24) is 0 Å². The minimum absolute atomic E-state index is 0.0604. The van der Waals surface area contributed by atoms with Gasteiger partial charge in [-0.05, 0) is 12.5 Å². The summed E-state index contributed by atoms with van der Waals surface area (Å²) in [4.78, 5) is 11.7. The number of hydrogen-bond donors (Lipinski definition) is 0. The molecule has 0 N–H and O–H groups in total. The van der Waals surface area contributed by atoms with Crippen LogP contribution in [0.1, 0.15) is 40.4 Å². The molecule has 0 heterocycles. The first-order valence-electron chi connectivity index (χ1n) is 5.13. The van der Waals surface area contributed by atoms with Gasteiger partial charge in [0.25, 0.3) is 6.43 Å². The summed E-state index contributed by atoms with van der Waals surface area (Å²) in [6.45, 7) is 1.63. The Bertz CT molecular complexity index is 498. The van der Waals surface area contributed by atoms with E-state index in [9.17, 15) is 13.6 Å². The SMILES string of the molecule is CCOC(=O)c1c(C(F)F)ccc(CBr)c1C#N. The Morgan fingerprint density at radius 2 is 2.22 bits per heavy atom. The molecular formula is C12H10BrF2NO2. The van der Waals surface area contributed by atoms with E-state index >= 15 is 0 Å². The number of hydrogen-bond acceptors (Lipinski definition) is 3. The molecule has 18 heavy (non-hydrogen) atoms. The number of halogens is 3. The Hall–Kier alpha value is -1.48.